The quantitative estimate of drug-likeness (QED) is 0.781. The van der Waals surface area contributed by atoms with Crippen molar-refractivity contribution in [1.29, 1.82) is 0 Å². The number of carbonyl (C=O) groups excluding carboxylic acids is 2. The van der Waals surface area contributed by atoms with E-state index in [1.165, 1.54) is 6.08 Å². The zero-order valence-electron chi connectivity index (χ0n) is 13.3. The topological polar surface area (TPSA) is 40.6 Å². The maximum absolute atomic E-state index is 12.7. The molecule has 4 nitrogen and oxygen atoms in total. The zero-order chi connectivity index (χ0) is 16.6. The molecule has 0 saturated carbocycles. The van der Waals surface area contributed by atoms with Crippen LogP contribution in [-0.2, 0) is 4.79 Å². The van der Waals surface area contributed by atoms with Crippen molar-refractivity contribution < 1.29 is 9.59 Å². The fourth-order valence-corrected chi connectivity index (χ4v) is 3.97. The molecule has 0 bridgehead atoms. The number of aryl methyl sites for hydroxylation is 1. The van der Waals surface area contributed by atoms with E-state index < -0.39 is 0 Å². The van der Waals surface area contributed by atoms with Crippen LogP contribution in [0.25, 0.3) is 0 Å². The van der Waals surface area contributed by atoms with Crippen LogP contribution in [0.2, 0.25) is 5.02 Å². The lowest BCUT2D eigenvalue weighted by Crippen LogP contribution is -2.35. The summed E-state index contributed by atoms with van der Waals surface area (Å²) in [6.07, 6.45) is 3.24. The number of halogens is 1. The molecule has 1 unspecified atom stereocenters. The summed E-state index contributed by atoms with van der Waals surface area (Å²) in [7, 11) is 0. The van der Waals surface area contributed by atoms with Gasteiger partial charge in [0, 0.05) is 31.6 Å². The molecule has 2 heterocycles. The SMILES string of the molecule is C=CC(=O)N1CCC2(CCN(C(=O)c3ccc(C)cc3Cl)C2)C1. The lowest BCUT2D eigenvalue weighted by Gasteiger charge is -2.24. The van der Waals surface area contributed by atoms with Gasteiger partial charge >= 0.3 is 0 Å². The van der Waals surface area contributed by atoms with Crippen LogP contribution in [0.3, 0.4) is 0 Å². The fourth-order valence-electron chi connectivity index (χ4n) is 3.66. The molecule has 1 aromatic rings. The van der Waals surface area contributed by atoms with E-state index in [1.807, 2.05) is 28.9 Å². The Morgan fingerprint density at radius 1 is 1.22 bits per heavy atom. The van der Waals surface area contributed by atoms with E-state index >= 15 is 0 Å². The van der Waals surface area contributed by atoms with Gasteiger partial charge in [-0.2, -0.15) is 0 Å². The third kappa shape index (κ3) is 3.00. The second kappa shape index (κ2) is 6.00. The molecule has 2 amide bonds. The molecule has 0 aliphatic carbocycles. The average molecular weight is 333 g/mol. The first-order chi connectivity index (χ1) is 10.9. The van der Waals surface area contributed by atoms with Gasteiger partial charge in [0.25, 0.3) is 5.91 Å². The highest BCUT2D eigenvalue weighted by Gasteiger charge is 2.45. The van der Waals surface area contributed by atoms with Crippen LogP contribution in [-0.4, -0.2) is 47.8 Å². The van der Waals surface area contributed by atoms with Crippen LogP contribution in [0.1, 0.15) is 28.8 Å². The normalized spacial score (nSPS) is 23.6. The van der Waals surface area contributed by atoms with Gasteiger partial charge in [0.1, 0.15) is 0 Å². The predicted octanol–water partition coefficient (Wildman–Crippen LogP) is 2.90. The molecule has 122 valence electrons. The Balaban J connectivity index is 1.71. The third-order valence-corrected chi connectivity index (χ3v) is 5.32. The largest absolute Gasteiger partial charge is 0.339 e. The summed E-state index contributed by atoms with van der Waals surface area (Å²) < 4.78 is 0. The van der Waals surface area contributed by atoms with Crippen molar-refractivity contribution in [2.75, 3.05) is 26.2 Å². The van der Waals surface area contributed by atoms with Gasteiger partial charge in [-0.05, 0) is 43.5 Å². The predicted molar refractivity (Wildman–Crippen MR) is 90.5 cm³/mol. The van der Waals surface area contributed by atoms with Crippen LogP contribution >= 0.6 is 11.6 Å². The van der Waals surface area contributed by atoms with E-state index in [0.29, 0.717) is 23.7 Å². The first-order valence-electron chi connectivity index (χ1n) is 7.91. The lowest BCUT2D eigenvalue weighted by atomic mass is 9.86. The van der Waals surface area contributed by atoms with Crippen LogP contribution in [0.4, 0.5) is 0 Å². The van der Waals surface area contributed by atoms with Gasteiger partial charge in [-0.3, -0.25) is 9.59 Å². The van der Waals surface area contributed by atoms with Crippen molar-refractivity contribution in [3.63, 3.8) is 0 Å². The number of benzene rings is 1. The van der Waals surface area contributed by atoms with Crippen molar-refractivity contribution in [3.05, 3.63) is 47.0 Å². The van der Waals surface area contributed by atoms with Crippen molar-refractivity contribution >= 4 is 23.4 Å². The van der Waals surface area contributed by atoms with Crippen molar-refractivity contribution in [2.24, 2.45) is 5.41 Å². The van der Waals surface area contributed by atoms with E-state index in [-0.39, 0.29) is 17.2 Å². The van der Waals surface area contributed by atoms with Crippen LogP contribution in [0.15, 0.2) is 30.9 Å². The Hall–Kier alpha value is -1.81. The van der Waals surface area contributed by atoms with E-state index in [2.05, 4.69) is 6.58 Å². The molecule has 2 saturated heterocycles. The molecule has 1 atom stereocenters. The second-order valence-corrected chi connectivity index (χ2v) is 7.08. The van der Waals surface area contributed by atoms with Crippen molar-refractivity contribution in [3.8, 4) is 0 Å². The highest BCUT2D eigenvalue weighted by atomic mass is 35.5. The summed E-state index contributed by atoms with van der Waals surface area (Å²) in [4.78, 5) is 28.2. The minimum atomic E-state index is -0.0202. The smallest absolute Gasteiger partial charge is 0.255 e. The molecule has 0 aromatic heterocycles. The zero-order valence-corrected chi connectivity index (χ0v) is 14.1. The number of carbonyl (C=O) groups is 2. The van der Waals surface area contributed by atoms with Crippen molar-refractivity contribution in [2.45, 2.75) is 19.8 Å². The van der Waals surface area contributed by atoms with Crippen LogP contribution < -0.4 is 0 Å². The lowest BCUT2D eigenvalue weighted by molar-refractivity contribution is -0.125. The minimum Gasteiger partial charge on any atom is -0.339 e. The van der Waals surface area contributed by atoms with Crippen LogP contribution in [0.5, 0.6) is 0 Å². The van der Waals surface area contributed by atoms with E-state index in [1.54, 1.807) is 6.07 Å². The van der Waals surface area contributed by atoms with E-state index in [0.717, 1.165) is 31.5 Å². The molecule has 0 N–H and O–H groups in total. The Morgan fingerprint density at radius 2 is 1.87 bits per heavy atom. The summed E-state index contributed by atoms with van der Waals surface area (Å²) in [6.45, 7) is 8.38. The maximum atomic E-state index is 12.7. The minimum absolute atomic E-state index is 0.0135. The number of likely N-dealkylation sites (tertiary alicyclic amines) is 2. The van der Waals surface area contributed by atoms with Crippen molar-refractivity contribution in [1.82, 2.24) is 9.80 Å². The molecule has 23 heavy (non-hydrogen) atoms. The number of hydrogen-bond donors (Lipinski definition) is 0. The molecular weight excluding hydrogens is 312 g/mol. The summed E-state index contributed by atoms with van der Waals surface area (Å²) in [6, 6.07) is 5.53. The molecule has 2 aliphatic rings. The molecule has 2 aliphatic heterocycles. The first-order valence-corrected chi connectivity index (χ1v) is 8.29. The second-order valence-electron chi connectivity index (χ2n) is 6.67. The summed E-state index contributed by atoms with van der Waals surface area (Å²) in [5.74, 6) is -0.0337. The number of rotatable bonds is 2. The number of amides is 2. The standard InChI is InChI=1S/C18H21ClN2O2/c1-3-16(22)20-8-6-18(11-20)7-9-21(12-18)17(23)14-5-4-13(2)10-15(14)19/h3-5,10H,1,6-9,11-12H2,2H3. The highest BCUT2D eigenvalue weighted by molar-refractivity contribution is 6.33. The molecule has 0 radical (unpaired) electrons. The van der Waals surface area contributed by atoms with Gasteiger partial charge in [-0.15, -0.1) is 0 Å². The summed E-state index contributed by atoms with van der Waals surface area (Å²) in [5, 5.41) is 0.505. The molecule has 2 fully saturated rings. The van der Waals surface area contributed by atoms with Crippen LogP contribution in [0, 0.1) is 12.3 Å². The maximum Gasteiger partial charge on any atom is 0.255 e. The third-order valence-electron chi connectivity index (χ3n) is 5.01. The Kier molecular flexibility index (Phi) is 4.19. The van der Waals surface area contributed by atoms with E-state index in [9.17, 15) is 9.59 Å². The van der Waals surface area contributed by atoms with E-state index in [4.69, 9.17) is 11.6 Å². The molecular formula is C18H21ClN2O2. The van der Waals surface area contributed by atoms with Gasteiger partial charge < -0.3 is 9.80 Å². The first kappa shape index (κ1) is 16.1. The Bertz CT molecular complexity index is 673. The van der Waals surface area contributed by atoms with Gasteiger partial charge in [0.15, 0.2) is 0 Å². The van der Waals surface area contributed by atoms with Gasteiger partial charge in [-0.1, -0.05) is 24.2 Å². The van der Waals surface area contributed by atoms with Gasteiger partial charge in [0.05, 0.1) is 10.6 Å². The number of hydrogen-bond acceptors (Lipinski definition) is 2. The monoisotopic (exact) mass is 332 g/mol. The Morgan fingerprint density at radius 3 is 2.52 bits per heavy atom. The summed E-state index contributed by atoms with van der Waals surface area (Å²) >= 11 is 6.23. The fraction of sp³-hybridized carbons (Fsp3) is 0.444. The van der Waals surface area contributed by atoms with Gasteiger partial charge in [0.2, 0.25) is 5.91 Å². The molecule has 1 aromatic carbocycles. The molecule has 5 heteroatoms. The molecule has 1 spiro atoms. The average Bonchev–Trinajstić information content (AvgIpc) is 3.14. The molecule has 3 rings (SSSR count). The number of nitrogens with zero attached hydrogens (tertiary/aromatic N) is 2. The highest BCUT2D eigenvalue weighted by Crippen LogP contribution is 2.40. The Labute approximate surface area is 141 Å². The van der Waals surface area contributed by atoms with Gasteiger partial charge in [-0.25, -0.2) is 0 Å². The summed E-state index contributed by atoms with van der Waals surface area (Å²) in [5.41, 5.74) is 1.64.